The van der Waals surface area contributed by atoms with Crippen LogP contribution in [0.1, 0.15) is 51.1 Å². The predicted molar refractivity (Wildman–Crippen MR) is 122 cm³/mol. The van der Waals surface area contributed by atoms with Crippen LogP contribution in [-0.2, 0) is 14.4 Å². The first-order valence-electron chi connectivity index (χ1n) is 11.7. The summed E-state index contributed by atoms with van der Waals surface area (Å²) in [4.78, 5) is 36.1. The Morgan fingerprint density at radius 3 is 2.47 bits per heavy atom. The minimum Gasteiger partial charge on any atom is -0.481 e. The Bertz CT molecular complexity index is 775. The molecular weight excluding hydrogens is 408 g/mol. The second-order valence-corrected chi connectivity index (χ2v) is 9.07. The van der Waals surface area contributed by atoms with Crippen LogP contribution < -0.4 is 16.0 Å². The van der Waals surface area contributed by atoms with Crippen LogP contribution in [0.2, 0.25) is 0 Å². The molecule has 3 unspecified atom stereocenters. The number of aliphatic carboxylic acids is 1. The number of hydrogen-bond donors (Lipinski definition) is 4. The molecule has 4 rings (SSSR count). The number of nitrogens with one attached hydrogen (secondary N) is 3. The van der Waals surface area contributed by atoms with E-state index in [2.05, 4.69) is 22.9 Å². The number of carbonyl (C=O) groups excluding carboxylic acids is 2. The van der Waals surface area contributed by atoms with E-state index < -0.39 is 11.9 Å². The van der Waals surface area contributed by atoms with Crippen molar-refractivity contribution in [1.82, 2.24) is 20.9 Å². The molecule has 32 heavy (non-hydrogen) atoms. The SMILES string of the molecule is CC(NC(=O)[C@@H]1CCCN1)C1CCNC1.C[C@@H](c1ccccc1)N1CC(C(=O)O)CC1=O. The van der Waals surface area contributed by atoms with E-state index in [9.17, 15) is 14.4 Å². The number of hydrogen-bond acceptors (Lipinski definition) is 5. The average molecular weight is 445 g/mol. The standard InChI is InChI=1S/C13H15NO3.C11H21N3O/c1-9(10-5-3-2-4-6-10)14-8-11(13(16)17)7-12(14)15;1-8(9-4-6-12-7-9)14-11(15)10-3-2-5-13-10/h2-6,9,11H,7-8H2,1H3,(H,16,17);8-10,12-13H,2-7H2,1H3,(H,14,15)/t9-,11?;8?,9?,10-/m00/s1. The molecule has 5 atom stereocenters. The summed E-state index contributed by atoms with van der Waals surface area (Å²) in [5, 5.41) is 18.6. The van der Waals surface area contributed by atoms with E-state index in [0.717, 1.165) is 38.0 Å². The molecule has 0 aliphatic carbocycles. The Hall–Kier alpha value is -2.45. The van der Waals surface area contributed by atoms with Gasteiger partial charge in [0.2, 0.25) is 11.8 Å². The first kappa shape index (κ1) is 24.2. The van der Waals surface area contributed by atoms with Crippen molar-refractivity contribution in [3.63, 3.8) is 0 Å². The van der Waals surface area contributed by atoms with Crippen molar-refractivity contribution in [1.29, 1.82) is 0 Å². The molecular formula is C24H36N4O4. The summed E-state index contributed by atoms with van der Waals surface area (Å²) in [6.07, 6.45) is 3.41. The van der Waals surface area contributed by atoms with Crippen LogP contribution in [0, 0.1) is 11.8 Å². The molecule has 0 saturated carbocycles. The molecule has 4 N–H and O–H groups in total. The number of carbonyl (C=O) groups is 3. The number of nitrogens with zero attached hydrogens (tertiary/aromatic N) is 1. The average Bonchev–Trinajstić information content (AvgIpc) is 3.56. The van der Waals surface area contributed by atoms with Crippen molar-refractivity contribution < 1.29 is 19.5 Å². The van der Waals surface area contributed by atoms with Gasteiger partial charge in [0.25, 0.3) is 0 Å². The normalized spacial score (nSPS) is 26.9. The van der Waals surface area contributed by atoms with E-state index in [-0.39, 0.29) is 30.3 Å². The summed E-state index contributed by atoms with van der Waals surface area (Å²) in [5.41, 5.74) is 1.03. The van der Waals surface area contributed by atoms with Crippen LogP contribution in [0.4, 0.5) is 0 Å². The molecule has 0 aromatic heterocycles. The third-order valence-electron chi connectivity index (χ3n) is 6.81. The highest BCUT2D eigenvalue weighted by molar-refractivity contribution is 5.86. The summed E-state index contributed by atoms with van der Waals surface area (Å²) in [6.45, 7) is 7.47. The molecule has 3 aliphatic heterocycles. The summed E-state index contributed by atoms with van der Waals surface area (Å²) in [7, 11) is 0. The lowest BCUT2D eigenvalue weighted by molar-refractivity contribution is -0.141. The number of benzene rings is 1. The lowest BCUT2D eigenvalue weighted by Crippen LogP contribution is -2.47. The van der Waals surface area contributed by atoms with Crippen molar-refractivity contribution in [3.8, 4) is 0 Å². The number of rotatable bonds is 6. The van der Waals surface area contributed by atoms with Crippen molar-refractivity contribution >= 4 is 17.8 Å². The third kappa shape index (κ3) is 6.29. The maximum absolute atomic E-state index is 11.8. The number of carboxylic acids is 1. The minimum atomic E-state index is -0.888. The predicted octanol–water partition coefficient (Wildman–Crippen LogP) is 1.53. The topological polar surface area (TPSA) is 111 Å². The van der Waals surface area contributed by atoms with Crippen LogP contribution in [0.15, 0.2) is 30.3 Å². The Kier molecular flexibility index (Phi) is 8.64. The van der Waals surface area contributed by atoms with E-state index in [4.69, 9.17) is 5.11 Å². The van der Waals surface area contributed by atoms with Gasteiger partial charge >= 0.3 is 5.97 Å². The Morgan fingerprint density at radius 2 is 1.91 bits per heavy atom. The lowest BCUT2D eigenvalue weighted by Gasteiger charge is -2.24. The summed E-state index contributed by atoms with van der Waals surface area (Å²) in [6, 6.07) is 9.95. The molecule has 3 aliphatic rings. The fraction of sp³-hybridized carbons (Fsp3) is 0.625. The zero-order valence-corrected chi connectivity index (χ0v) is 19.0. The lowest BCUT2D eigenvalue weighted by atomic mass is 10.0. The fourth-order valence-electron chi connectivity index (χ4n) is 4.64. The first-order chi connectivity index (χ1) is 15.4. The minimum absolute atomic E-state index is 0.0572. The van der Waals surface area contributed by atoms with Crippen molar-refractivity contribution in [2.75, 3.05) is 26.2 Å². The van der Waals surface area contributed by atoms with Crippen LogP contribution >= 0.6 is 0 Å². The highest BCUT2D eigenvalue weighted by Gasteiger charge is 2.36. The smallest absolute Gasteiger partial charge is 0.308 e. The van der Waals surface area contributed by atoms with E-state index in [1.807, 2.05) is 37.3 Å². The molecule has 0 radical (unpaired) electrons. The van der Waals surface area contributed by atoms with E-state index >= 15 is 0 Å². The fourth-order valence-corrected chi connectivity index (χ4v) is 4.64. The van der Waals surface area contributed by atoms with Gasteiger partial charge in [0, 0.05) is 19.0 Å². The summed E-state index contributed by atoms with van der Waals surface area (Å²) >= 11 is 0. The Balaban J connectivity index is 0.000000182. The second-order valence-electron chi connectivity index (χ2n) is 9.07. The quantitative estimate of drug-likeness (QED) is 0.530. The van der Waals surface area contributed by atoms with E-state index in [1.165, 1.54) is 6.42 Å². The van der Waals surface area contributed by atoms with Gasteiger partial charge < -0.3 is 26.0 Å². The third-order valence-corrected chi connectivity index (χ3v) is 6.81. The Morgan fingerprint density at radius 1 is 1.16 bits per heavy atom. The van der Waals surface area contributed by atoms with Gasteiger partial charge in [0.1, 0.15) is 0 Å². The molecule has 8 heteroatoms. The van der Waals surface area contributed by atoms with Crippen molar-refractivity contribution in [2.24, 2.45) is 11.8 Å². The van der Waals surface area contributed by atoms with Gasteiger partial charge in [-0.2, -0.15) is 0 Å². The molecule has 1 aromatic carbocycles. The van der Waals surface area contributed by atoms with Crippen LogP contribution in [0.3, 0.4) is 0 Å². The molecule has 176 valence electrons. The summed E-state index contributed by atoms with van der Waals surface area (Å²) in [5.74, 6) is -0.731. The van der Waals surface area contributed by atoms with Crippen LogP contribution in [0.5, 0.6) is 0 Å². The number of amides is 2. The Labute approximate surface area is 190 Å². The van der Waals surface area contributed by atoms with Gasteiger partial charge in [-0.1, -0.05) is 30.3 Å². The zero-order chi connectivity index (χ0) is 23.1. The monoisotopic (exact) mass is 444 g/mol. The van der Waals surface area contributed by atoms with Crippen molar-refractivity contribution in [3.05, 3.63) is 35.9 Å². The van der Waals surface area contributed by atoms with Crippen molar-refractivity contribution in [2.45, 2.75) is 57.7 Å². The molecule has 1 aromatic rings. The molecule has 0 spiro atoms. The number of likely N-dealkylation sites (tertiary alicyclic amines) is 1. The number of carboxylic acid groups (broad SMARTS) is 1. The molecule has 2 amide bonds. The molecule has 0 bridgehead atoms. The van der Waals surface area contributed by atoms with Gasteiger partial charge in [-0.3, -0.25) is 14.4 Å². The van der Waals surface area contributed by atoms with Gasteiger partial charge in [0.05, 0.1) is 18.0 Å². The summed E-state index contributed by atoms with van der Waals surface area (Å²) < 4.78 is 0. The molecule has 8 nitrogen and oxygen atoms in total. The van der Waals surface area contributed by atoms with Crippen LogP contribution in [-0.4, -0.2) is 66.1 Å². The van der Waals surface area contributed by atoms with Crippen LogP contribution in [0.25, 0.3) is 0 Å². The molecule has 3 heterocycles. The highest BCUT2D eigenvalue weighted by Crippen LogP contribution is 2.28. The van der Waals surface area contributed by atoms with Gasteiger partial charge in [0.15, 0.2) is 0 Å². The molecule has 3 saturated heterocycles. The highest BCUT2D eigenvalue weighted by atomic mass is 16.4. The maximum atomic E-state index is 11.8. The molecule has 3 fully saturated rings. The second kappa shape index (κ2) is 11.4. The van der Waals surface area contributed by atoms with E-state index in [0.29, 0.717) is 18.5 Å². The largest absolute Gasteiger partial charge is 0.481 e. The first-order valence-corrected chi connectivity index (χ1v) is 11.7. The van der Waals surface area contributed by atoms with Gasteiger partial charge in [-0.05, 0) is 64.2 Å². The maximum Gasteiger partial charge on any atom is 0.308 e. The van der Waals surface area contributed by atoms with E-state index in [1.54, 1.807) is 4.90 Å². The van der Waals surface area contributed by atoms with Gasteiger partial charge in [-0.15, -0.1) is 0 Å². The van der Waals surface area contributed by atoms with Gasteiger partial charge in [-0.25, -0.2) is 0 Å². The zero-order valence-electron chi connectivity index (χ0n) is 19.0.